The van der Waals surface area contributed by atoms with Gasteiger partial charge in [0.15, 0.2) is 0 Å². The lowest BCUT2D eigenvalue weighted by Gasteiger charge is -2.29. The first-order valence-electron chi connectivity index (χ1n) is 9.86. The molecule has 0 fully saturated rings. The first kappa shape index (κ1) is 18.4. The highest BCUT2D eigenvalue weighted by Crippen LogP contribution is 2.29. The normalized spacial score (nSPS) is 13.9. The van der Waals surface area contributed by atoms with Gasteiger partial charge in [-0.15, -0.1) is 0 Å². The Bertz CT molecular complexity index is 999. The first-order valence-corrected chi connectivity index (χ1v) is 9.86. The van der Waals surface area contributed by atoms with E-state index in [-0.39, 0.29) is 5.91 Å². The molecule has 0 aliphatic carbocycles. The van der Waals surface area contributed by atoms with Crippen LogP contribution in [-0.4, -0.2) is 35.5 Å². The van der Waals surface area contributed by atoms with Crippen molar-refractivity contribution >= 4 is 22.5 Å². The number of rotatable bonds is 5. The molecule has 2 heterocycles. The van der Waals surface area contributed by atoms with Crippen molar-refractivity contribution in [3.63, 3.8) is 0 Å². The summed E-state index contributed by atoms with van der Waals surface area (Å²) in [6.45, 7) is 7.43. The van der Waals surface area contributed by atoms with Crippen LogP contribution in [0.4, 0.5) is 5.69 Å². The number of fused-ring (bicyclic) bond motifs is 2. The first-order chi connectivity index (χ1) is 13.7. The van der Waals surface area contributed by atoms with Crippen molar-refractivity contribution in [3.8, 4) is 5.75 Å². The van der Waals surface area contributed by atoms with Gasteiger partial charge < -0.3 is 10.1 Å². The zero-order chi connectivity index (χ0) is 19.5. The van der Waals surface area contributed by atoms with Gasteiger partial charge in [-0.2, -0.15) is 0 Å². The zero-order valence-corrected chi connectivity index (χ0v) is 16.4. The van der Waals surface area contributed by atoms with Gasteiger partial charge in [0.1, 0.15) is 5.75 Å². The van der Waals surface area contributed by atoms with Gasteiger partial charge in [0.2, 0.25) is 0 Å². The average molecular weight is 375 g/mol. The lowest BCUT2D eigenvalue weighted by molar-refractivity contribution is 0.102. The number of pyridine rings is 1. The van der Waals surface area contributed by atoms with Crippen LogP contribution < -0.4 is 10.1 Å². The molecule has 0 saturated carbocycles. The average Bonchev–Trinajstić information content (AvgIpc) is 2.73. The Morgan fingerprint density at radius 1 is 1.14 bits per heavy atom. The lowest BCUT2D eigenvalue weighted by atomic mass is 9.95. The van der Waals surface area contributed by atoms with Crippen LogP contribution in [-0.2, 0) is 13.0 Å². The minimum atomic E-state index is -0.0861. The number of likely N-dealkylation sites (N-methyl/N-ethyl adjacent to an activating group) is 1. The van der Waals surface area contributed by atoms with Crippen LogP contribution in [0.1, 0.15) is 35.5 Å². The van der Waals surface area contributed by atoms with Crippen molar-refractivity contribution in [1.29, 1.82) is 0 Å². The summed E-state index contributed by atoms with van der Waals surface area (Å²) in [6.07, 6.45) is 0.872. The van der Waals surface area contributed by atoms with Crippen LogP contribution in [0.25, 0.3) is 10.9 Å². The van der Waals surface area contributed by atoms with E-state index < -0.39 is 0 Å². The van der Waals surface area contributed by atoms with Crippen molar-refractivity contribution < 1.29 is 9.53 Å². The van der Waals surface area contributed by atoms with Crippen LogP contribution in [0, 0.1) is 0 Å². The molecule has 1 aromatic heterocycles. The smallest absolute Gasteiger partial charge is 0.256 e. The monoisotopic (exact) mass is 375 g/mol. The van der Waals surface area contributed by atoms with Crippen molar-refractivity contribution in [1.82, 2.24) is 9.88 Å². The summed E-state index contributed by atoms with van der Waals surface area (Å²) in [6, 6.07) is 15.4. The number of aromatic nitrogens is 1. The highest BCUT2D eigenvalue weighted by atomic mass is 16.5. The SMILES string of the molecule is CCOc1ccc(NC(=O)c2c3c(nc4ccccc24)CCN(CC)C3)cc1. The van der Waals surface area contributed by atoms with E-state index in [0.717, 1.165) is 65.2 Å². The summed E-state index contributed by atoms with van der Waals surface area (Å²) in [5.41, 5.74) is 4.47. The number of benzene rings is 2. The molecule has 1 amide bonds. The molecular weight excluding hydrogens is 350 g/mol. The quantitative estimate of drug-likeness (QED) is 0.724. The van der Waals surface area contributed by atoms with Crippen molar-refractivity contribution in [2.75, 3.05) is 25.0 Å². The number of nitrogens with one attached hydrogen (secondary N) is 1. The van der Waals surface area contributed by atoms with E-state index >= 15 is 0 Å². The number of carbonyl (C=O) groups excluding carboxylic acids is 1. The Morgan fingerprint density at radius 3 is 2.68 bits per heavy atom. The van der Waals surface area contributed by atoms with E-state index in [1.54, 1.807) is 0 Å². The van der Waals surface area contributed by atoms with Gasteiger partial charge >= 0.3 is 0 Å². The number of hydrogen-bond donors (Lipinski definition) is 1. The van der Waals surface area contributed by atoms with Crippen molar-refractivity contribution in [2.24, 2.45) is 0 Å². The minimum Gasteiger partial charge on any atom is -0.494 e. The van der Waals surface area contributed by atoms with E-state index in [1.165, 1.54) is 0 Å². The number of ether oxygens (including phenoxy) is 1. The van der Waals surface area contributed by atoms with Crippen LogP contribution in [0.15, 0.2) is 48.5 Å². The molecule has 1 N–H and O–H groups in total. The standard InChI is InChI=1S/C23H25N3O2/c1-3-26-14-13-21-19(15-26)22(18-7-5-6-8-20(18)25-21)23(27)24-16-9-11-17(12-10-16)28-4-2/h5-12H,3-4,13-15H2,1-2H3,(H,24,27). The number of nitrogens with zero attached hydrogens (tertiary/aromatic N) is 2. The summed E-state index contributed by atoms with van der Waals surface area (Å²) in [4.78, 5) is 20.5. The second kappa shape index (κ2) is 7.98. The fourth-order valence-corrected chi connectivity index (χ4v) is 3.77. The number of anilines is 1. The largest absolute Gasteiger partial charge is 0.494 e. The predicted octanol–water partition coefficient (Wildman–Crippen LogP) is 4.26. The maximum atomic E-state index is 13.3. The van der Waals surface area contributed by atoms with Crippen LogP contribution in [0.5, 0.6) is 5.75 Å². The Morgan fingerprint density at radius 2 is 1.93 bits per heavy atom. The second-order valence-electron chi connectivity index (χ2n) is 6.96. The Hall–Kier alpha value is -2.92. The van der Waals surface area contributed by atoms with Gasteiger partial charge in [-0.3, -0.25) is 14.7 Å². The third-order valence-electron chi connectivity index (χ3n) is 5.22. The maximum Gasteiger partial charge on any atom is 0.256 e. The third-order valence-corrected chi connectivity index (χ3v) is 5.22. The Kier molecular flexibility index (Phi) is 5.26. The molecule has 0 bridgehead atoms. The summed E-state index contributed by atoms with van der Waals surface area (Å²) >= 11 is 0. The predicted molar refractivity (Wildman–Crippen MR) is 112 cm³/mol. The minimum absolute atomic E-state index is 0.0861. The topological polar surface area (TPSA) is 54.5 Å². The number of para-hydroxylation sites is 1. The molecule has 0 unspecified atom stereocenters. The number of hydrogen-bond acceptors (Lipinski definition) is 4. The van der Waals surface area contributed by atoms with Crippen molar-refractivity contribution in [3.05, 3.63) is 65.4 Å². The fraction of sp³-hybridized carbons (Fsp3) is 0.304. The molecule has 3 aromatic rings. The molecule has 1 aliphatic rings. The van der Waals surface area contributed by atoms with Crippen LogP contribution >= 0.6 is 0 Å². The molecule has 4 rings (SSSR count). The molecule has 0 radical (unpaired) electrons. The molecule has 0 atom stereocenters. The summed E-state index contributed by atoms with van der Waals surface area (Å²) in [5.74, 6) is 0.711. The van der Waals surface area contributed by atoms with Gasteiger partial charge in [0.25, 0.3) is 5.91 Å². The second-order valence-corrected chi connectivity index (χ2v) is 6.96. The molecule has 144 valence electrons. The highest BCUT2D eigenvalue weighted by Gasteiger charge is 2.25. The maximum absolute atomic E-state index is 13.3. The Balaban J connectivity index is 1.72. The van der Waals surface area contributed by atoms with Crippen molar-refractivity contribution in [2.45, 2.75) is 26.8 Å². The molecular formula is C23H25N3O2. The summed E-state index contributed by atoms with van der Waals surface area (Å²) in [7, 11) is 0. The number of amides is 1. The van der Waals surface area contributed by atoms with E-state index in [2.05, 4.69) is 17.1 Å². The van der Waals surface area contributed by atoms with Crippen LogP contribution in [0.2, 0.25) is 0 Å². The molecule has 2 aromatic carbocycles. The molecule has 5 nitrogen and oxygen atoms in total. The Labute approximate surface area is 165 Å². The van der Waals surface area contributed by atoms with Crippen LogP contribution in [0.3, 0.4) is 0 Å². The molecule has 5 heteroatoms. The molecule has 0 spiro atoms. The number of carbonyl (C=O) groups is 1. The van der Waals surface area contributed by atoms with E-state index in [1.807, 2.05) is 55.5 Å². The fourth-order valence-electron chi connectivity index (χ4n) is 3.77. The van der Waals surface area contributed by atoms with Gasteiger partial charge in [-0.05, 0) is 43.8 Å². The van der Waals surface area contributed by atoms with E-state index in [0.29, 0.717) is 6.61 Å². The van der Waals surface area contributed by atoms with Gasteiger partial charge in [0, 0.05) is 41.8 Å². The van der Waals surface area contributed by atoms with E-state index in [9.17, 15) is 4.79 Å². The third kappa shape index (κ3) is 3.58. The molecule has 28 heavy (non-hydrogen) atoms. The van der Waals surface area contributed by atoms with Gasteiger partial charge in [0.05, 0.1) is 17.7 Å². The summed E-state index contributed by atoms with van der Waals surface area (Å²) in [5, 5.41) is 3.97. The lowest BCUT2D eigenvalue weighted by Crippen LogP contribution is -2.33. The van der Waals surface area contributed by atoms with E-state index in [4.69, 9.17) is 9.72 Å². The molecule has 1 aliphatic heterocycles. The highest BCUT2D eigenvalue weighted by molar-refractivity contribution is 6.13. The molecule has 0 saturated heterocycles. The summed E-state index contributed by atoms with van der Waals surface area (Å²) < 4.78 is 5.48. The van der Waals surface area contributed by atoms with Gasteiger partial charge in [-0.1, -0.05) is 25.1 Å². The van der Waals surface area contributed by atoms with Gasteiger partial charge in [-0.25, -0.2) is 0 Å². The zero-order valence-electron chi connectivity index (χ0n) is 16.4.